The van der Waals surface area contributed by atoms with Crippen LogP contribution in [0.2, 0.25) is 0 Å². The first kappa shape index (κ1) is 18.6. The van der Waals surface area contributed by atoms with E-state index in [0.717, 1.165) is 36.2 Å². The lowest BCUT2D eigenvalue weighted by molar-refractivity contribution is 0.101. The van der Waals surface area contributed by atoms with Crippen molar-refractivity contribution in [2.45, 2.75) is 31.3 Å². The van der Waals surface area contributed by atoms with Gasteiger partial charge in [-0.25, -0.2) is 13.6 Å². The first-order valence-electron chi connectivity index (χ1n) is 8.33. The van der Waals surface area contributed by atoms with Crippen LogP contribution in [0.25, 0.3) is 0 Å². The number of Topliss-reactive ketones (excluding diaryl/α,β-unsaturated/α-hetero) is 1. The Bertz CT molecular complexity index is 954. The predicted molar refractivity (Wildman–Crippen MR) is 98.6 cm³/mol. The smallest absolute Gasteiger partial charge is 0.241 e. The van der Waals surface area contributed by atoms with E-state index in [0.29, 0.717) is 12.1 Å². The molecular weight excluding hydrogens is 352 g/mol. The van der Waals surface area contributed by atoms with E-state index in [9.17, 15) is 13.2 Å². The number of benzene rings is 2. The summed E-state index contributed by atoms with van der Waals surface area (Å²) in [6, 6.07) is 11.0. The minimum Gasteiger partial charge on any atom is -0.495 e. The first-order valence-corrected chi connectivity index (χ1v) is 9.87. The van der Waals surface area contributed by atoms with Gasteiger partial charge in [0.15, 0.2) is 5.78 Å². The average molecular weight is 374 g/mol. The van der Waals surface area contributed by atoms with Crippen LogP contribution in [0.5, 0.6) is 5.75 Å². The largest absolute Gasteiger partial charge is 0.495 e. The Hall–Kier alpha value is -2.22. The highest BCUT2D eigenvalue weighted by atomic mass is 32.2. The van der Waals surface area contributed by atoms with Gasteiger partial charge in [0, 0.05) is 25.2 Å². The third-order valence-electron chi connectivity index (χ3n) is 4.62. The van der Waals surface area contributed by atoms with E-state index >= 15 is 0 Å². The molecule has 6 nitrogen and oxygen atoms in total. The van der Waals surface area contributed by atoms with E-state index < -0.39 is 10.0 Å². The van der Waals surface area contributed by atoms with E-state index in [4.69, 9.17) is 9.88 Å². The lowest BCUT2D eigenvalue weighted by Crippen LogP contribution is -2.30. The SMILES string of the molecule is COc1cc2c(cc1S(N)(=O)=O)CCN(Cc1cccc(C(C)=O)c1)C2. The van der Waals surface area contributed by atoms with Crippen molar-refractivity contribution in [1.29, 1.82) is 0 Å². The van der Waals surface area contributed by atoms with Crippen molar-refractivity contribution in [2.24, 2.45) is 5.14 Å². The molecule has 1 heterocycles. The number of primary sulfonamides is 1. The molecule has 0 aromatic heterocycles. The quantitative estimate of drug-likeness (QED) is 0.810. The minimum atomic E-state index is -3.82. The fraction of sp³-hybridized carbons (Fsp3) is 0.316. The van der Waals surface area contributed by atoms with Gasteiger partial charge in [0.25, 0.3) is 0 Å². The van der Waals surface area contributed by atoms with Crippen LogP contribution in [0.3, 0.4) is 0 Å². The number of carbonyl (C=O) groups excluding carboxylic acids is 1. The highest BCUT2D eigenvalue weighted by Gasteiger charge is 2.23. The molecule has 2 aromatic carbocycles. The minimum absolute atomic E-state index is 0.0290. The van der Waals surface area contributed by atoms with Gasteiger partial charge in [0.1, 0.15) is 10.6 Å². The Labute approximate surface area is 153 Å². The molecule has 3 rings (SSSR count). The van der Waals surface area contributed by atoms with Gasteiger partial charge < -0.3 is 4.74 Å². The van der Waals surface area contributed by atoms with Crippen LogP contribution >= 0.6 is 0 Å². The van der Waals surface area contributed by atoms with E-state index in [1.54, 1.807) is 19.1 Å². The van der Waals surface area contributed by atoms with Gasteiger partial charge in [-0.15, -0.1) is 0 Å². The van der Waals surface area contributed by atoms with Gasteiger partial charge in [-0.05, 0) is 48.2 Å². The standard InChI is InChI=1S/C19H22N2O4S/c1-13(22)15-5-3-4-14(8-15)11-21-7-6-16-10-19(26(20,23)24)18(25-2)9-17(16)12-21/h3-5,8-10H,6-7,11-12H2,1-2H3,(H2,20,23,24). The number of ether oxygens (including phenoxy) is 1. The molecule has 0 aliphatic carbocycles. The van der Waals surface area contributed by atoms with Crippen molar-refractivity contribution in [1.82, 2.24) is 4.90 Å². The molecule has 0 atom stereocenters. The molecule has 0 saturated carbocycles. The van der Waals surface area contributed by atoms with Crippen molar-refractivity contribution < 1.29 is 17.9 Å². The zero-order valence-corrected chi connectivity index (χ0v) is 15.7. The summed E-state index contributed by atoms with van der Waals surface area (Å²) >= 11 is 0. The van der Waals surface area contributed by atoms with E-state index in [1.165, 1.54) is 7.11 Å². The molecule has 1 aliphatic rings. The number of hydrogen-bond acceptors (Lipinski definition) is 5. The van der Waals surface area contributed by atoms with Crippen molar-refractivity contribution in [2.75, 3.05) is 13.7 Å². The van der Waals surface area contributed by atoms with Crippen LogP contribution in [0, 0.1) is 0 Å². The van der Waals surface area contributed by atoms with Crippen LogP contribution in [0.1, 0.15) is 34.0 Å². The van der Waals surface area contributed by atoms with E-state index in [-0.39, 0.29) is 16.4 Å². The molecule has 138 valence electrons. The molecule has 1 aliphatic heterocycles. The number of methoxy groups -OCH3 is 1. The van der Waals surface area contributed by atoms with Gasteiger partial charge in [0.2, 0.25) is 10.0 Å². The maximum Gasteiger partial charge on any atom is 0.241 e. The van der Waals surface area contributed by atoms with Crippen LogP contribution < -0.4 is 9.88 Å². The Morgan fingerprint density at radius 2 is 2.00 bits per heavy atom. The van der Waals surface area contributed by atoms with Gasteiger partial charge in [-0.1, -0.05) is 18.2 Å². The molecule has 7 heteroatoms. The second-order valence-electron chi connectivity index (χ2n) is 6.53. The monoisotopic (exact) mass is 374 g/mol. The Morgan fingerprint density at radius 1 is 1.23 bits per heavy atom. The summed E-state index contributed by atoms with van der Waals surface area (Å²) in [5.41, 5.74) is 3.79. The highest BCUT2D eigenvalue weighted by Crippen LogP contribution is 2.30. The third kappa shape index (κ3) is 3.95. The summed E-state index contributed by atoms with van der Waals surface area (Å²) in [6.45, 7) is 3.76. The van der Waals surface area contributed by atoms with Crippen molar-refractivity contribution >= 4 is 15.8 Å². The van der Waals surface area contributed by atoms with Gasteiger partial charge >= 0.3 is 0 Å². The summed E-state index contributed by atoms with van der Waals surface area (Å²) in [4.78, 5) is 13.8. The lowest BCUT2D eigenvalue weighted by Gasteiger charge is -2.29. The van der Waals surface area contributed by atoms with Crippen LogP contribution in [0.15, 0.2) is 41.3 Å². The van der Waals surface area contributed by atoms with Crippen molar-refractivity contribution in [3.8, 4) is 5.75 Å². The zero-order chi connectivity index (χ0) is 18.9. The molecular formula is C19H22N2O4S. The predicted octanol–water partition coefficient (Wildman–Crippen LogP) is 2.10. The number of nitrogens with zero attached hydrogens (tertiary/aromatic N) is 1. The molecule has 0 saturated heterocycles. The topological polar surface area (TPSA) is 89.7 Å². The van der Waals surface area contributed by atoms with Crippen LogP contribution in [-0.2, 0) is 29.5 Å². The number of carbonyl (C=O) groups is 1. The molecule has 0 bridgehead atoms. The number of hydrogen-bond donors (Lipinski definition) is 1. The summed E-state index contributed by atoms with van der Waals surface area (Å²) < 4.78 is 28.7. The number of ketones is 1. The normalized spacial score (nSPS) is 14.7. The van der Waals surface area contributed by atoms with Crippen molar-refractivity contribution in [3.63, 3.8) is 0 Å². The summed E-state index contributed by atoms with van der Waals surface area (Å²) in [5.74, 6) is 0.322. The molecule has 0 radical (unpaired) electrons. The van der Waals surface area contributed by atoms with Crippen LogP contribution in [-0.4, -0.2) is 32.8 Å². The second-order valence-corrected chi connectivity index (χ2v) is 8.06. The fourth-order valence-electron chi connectivity index (χ4n) is 3.29. The zero-order valence-electron chi connectivity index (χ0n) is 14.9. The summed E-state index contributed by atoms with van der Waals surface area (Å²) in [6.07, 6.45) is 0.730. The van der Waals surface area contributed by atoms with Crippen molar-refractivity contribution in [3.05, 3.63) is 58.7 Å². The number of fused-ring (bicyclic) bond motifs is 1. The third-order valence-corrected chi connectivity index (χ3v) is 5.56. The molecule has 0 amide bonds. The fourth-order valence-corrected chi connectivity index (χ4v) is 4.02. The van der Waals surface area contributed by atoms with E-state index in [1.807, 2.05) is 24.3 Å². The van der Waals surface area contributed by atoms with E-state index in [2.05, 4.69) is 4.90 Å². The molecule has 2 aromatic rings. The Balaban J connectivity index is 1.84. The number of rotatable bonds is 5. The molecule has 0 fully saturated rings. The van der Waals surface area contributed by atoms with Gasteiger partial charge in [-0.3, -0.25) is 9.69 Å². The number of nitrogens with two attached hydrogens (primary N) is 1. The van der Waals surface area contributed by atoms with Gasteiger partial charge in [-0.2, -0.15) is 0 Å². The molecule has 2 N–H and O–H groups in total. The molecule has 0 unspecified atom stereocenters. The Kier molecular flexibility index (Phi) is 5.13. The Morgan fingerprint density at radius 3 is 2.65 bits per heavy atom. The maximum atomic E-state index is 11.8. The molecule has 26 heavy (non-hydrogen) atoms. The summed E-state index contributed by atoms with van der Waals surface area (Å²) in [7, 11) is -2.39. The maximum absolute atomic E-state index is 11.8. The molecule has 0 spiro atoms. The highest BCUT2D eigenvalue weighted by molar-refractivity contribution is 7.89. The average Bonchev–Trinajstić information content (AvgIpc) is 2.60. The number of sulfonamides is 1. The first-order chi connectivity index (χ1) is 12.3. The van der Waals surface area contributed by atoms with Gasteiger partial charge in [0.05, 0.1) is 7.11 Å². The lowest BCUT2D eigenvalue weighted by atomic mass is 9.98. The van der Waals surface area contributed by atoms with Crippen LogP contribution in [0.4, 0.5) is 0 Å². The summed E-state index contributed by atoms with van der Waals surface area (Å²) in [5, 5.41) is 5.29. The second kappa shape index (κ2) is 7.19.